The van der Waals surface area contributed by atoms with Crippen LogP contribution in [-0.2, 0) is 0 Å². The Morgan fingerprint density at radius 3 is 2.65 bits per heavy atom. The summed E-state index contributed by atoms with van der Waals surface area (Å²) in [5.74, 6) is -1.18. The van der Waals surface area contributed by atoms with Gasteiger partial charge in [0, 0.05) is 23.9 Å². The first-order valence-electron chi connectivity index (χ1n) is 6.24. The minimum atomic E-state index is -1.18. The SMILES string of the molecule is CC(CCN(C)C)Nc1ccc([N+](=O)[O-])cc1C(=O)O. The lowest BCUT2D eigenvalue weighted by atomic mass is 10.1. The quantitative estimate of drug-likeness (QED) is 0.586. The molecule has 1 unspecified atom stereocenters. The topological polar surface area (TPSA) is 95.7 Å². The smallest absolute Gasteiger partial charge is 0.338 e. The molecule has 0 saturated heterocycles. The van der Waals surface area contributed by atoms with E-state index in [4.69, 9.17) is 5.11 Å². The maximum atomic E-state index is 11.2. The highest BCUT2D eigenvalue weighted by atomic mass is 16.6. The van der Waals surface area contributed by atoms with Crippen LogP contribution in [-0.4, -0.2) is 47.6 Å². The first-order valence-corrected chi connectivity index (χ1v) is 6.24. The molecule has 1 aromatic rings. The fraction of sp³-hybridized carbons (Fsp3) is 0.462. The van der Waals surface area contributed by atoms with Crippen molar-refractivity contribution in [3.63, 3.8) is 0 Å². The van der Waals surface area contributed by atoms with E-state index in [1.165, 1.54) is 12.1 Å². The lowest BCUT2D eigenvalue weighted by Crippen LogP contribution is -2.23. The largest absolute Gasteiger partial charge is 0.478 e. The van der Waals surface area contributed by atoms with E-state index in [-0.39, 0.29) is 17.3 Å². The van der Waals surface area contributed by atoms with Crippen molar-refractivity contribution < 1.29 is 14.8 Å². The van der Waals surface area contributed by atoms with Crippen LogP contribution in [0.5, 0.6) is 0 Å². The van der Waals surface area contributed by atoms with Crippen LogP contribution in [0.2, 0.25) is 0 Å². The number of nitrogens with one attached hydrogen (secondary N) is 1. The lowest BCUT2D eigenvalue weighted by Gasteiger charge is -2.18. The third-order valence-corrected chi connectivity index (χ3v) is 2.86. The Bertz CT molecular complexity index is 502. The third kappa shape index (κ3) is 4.51. The second-order valence-electron chi connectivity index (χ2n) is 4.93. The van der Waals surface area contributed by atoms with Gasteiger partial charge in [0.2, 0.25) is 0 Å². The Morgan fingerprint density at radius 2 is 2.15 bits per heavy atom. The summed E-state index contributed by atoms with van der Waals surface area (Å²) in [5.41, 5.74) is 0.0825. The molecule has 20 heavy (non-hydrogen) atoms. The van der Waals surface area contributed by atoms with E-state index in [0.29, 0.717) is 5.69 Å². The third-order valence-electron chi connectivity index (χ3n) is 2.86. The summed E-state index contributed by atoms with van der Waals surface area (Å²) in [7, 11) is 3.92. The van der Waals surface area contributed by atoms with Crippen molar-refractivity contribution >= 4 is 17.3 Å². The van der Waals surface area contributed by atoms with Crippen molar-refractivity contribution in [3.05, 3.63) is 33.9 Å². The summed E-state index contributed by atoms with van der Waals surface area (Å²) in [5, 5.41) is 22.9. The van der Waals surface area contributed by atoms with Crippen molar-refractivity contribution in [1.82, 2.24) is 4.90 Å². The van der Waals surface area contributed by atoms with Crippen LogP contribution in [0.3, 0.4) is 0 Å². The van der Waals surface area contributed by atoms with Gasteiger partial charge in [-0.2, -0.15) is 0 Å². The molecule has 0 aliphatic rings. The van der Waals surface area contributed by atoms with Crippen LogP contribution in [0.4, 0.5) is 11.4 Å². The lowest BCUT2D eigenvalue weighted by molar-refractivity contribution is -0.384. The van der Waals surface area contributed by atoms with Gasteiger partial charge < -0.3 is 15.3 Å². The summed E-state index contributed by atoms with van der Waals surface area (Å²) in [6, 6.07) is 3.88. The molecule has 0 aliphatic heterocycles. The van der Waals surface area contributed by atoms with Gasteiger partial charge in [0.15, 0.2) is 0 Å². The number of anilines is 1. The number of nitro groups is 1. The molecule has 0 spiro atoms. The summed E-state index contributed by atoms with van der Waals surface area (Å²) >= 11 is 0. The van der Waals surface area contributed by atoms with Crippen LogP contribution in [0.1, 0.15) is 23.7 Å². The number of rotatable bonds is 7. The Balaban J connectivity index is 2.89. The van der Waals surface area contributed by atoms with Crippen molar-refractivity contribution in [2.24, 2.45) is 0 Å². The molecular formula is C13H19N3O4. The zero-order valence-electron chi connectivity index (χ0n) is 11.8. The average molecular weight is 281 g/mol. The Morgan fingerprint density at radius 1 is 1.50 bits per heavy atom. The van der Waals surface area contributed by atoms with Gasteiger partial charge >= 0.3 is 5.97 Å². The van der Waals surface area contributed by atoms with Gasteiger partial charge in [0.25, 0.3) is 5.69 Å². The molecular weight excluding hydrogens is 262 g/mol. The molecule has 2 N–H and O–H groups in total. The first kappa shape index (κ1) is 15.9. The molecule has 0 aromatic heterocycles. The van der Waals surface area contributed by atoms with Crippen molar-refractivity contribution in [2.45, 2.75) is 19.4 Å². The number of carboxylic acids is 1. The highest BCUT2D eigenvalue weighted by molar-refractivity contribution is 5.95. The first-order chi connectivity index (χ1) is 9.31. The van der Waals surface area contributed by atoms with Crippen LogP contribution < -0.4 is 5.32 Å². The van der Waals surface area contributed by atoms with Crippen molar-refractivity contribution in [1.29, 1.82) is 0 Å². The second kappa shape index (κ2) is 6.85. The molecule has 110 valence electrons. The summed E-state index contributed by atoms with van der Waals surface area (Å²) < 4.78 is 0. The maximum Gasteiger partial charge on any atom is 0.338 e. The number of nitro benzene ring substituents is 1. The molecule has 0 bridgehead atoms. The predicted octanol–water partition coefficient (Wildman–Crippen LogP) is 2.05. The van der Waals surface area contributed by atoms with Gasteiger partial charge in [0.05, 0.1) is 10.5 Å². The predicted molar refractivity (Wildman–Crippen MR) is 76.3 cm³/mol. The van der Waals surface area contributed by atoms with Gasteiger partial charge in [-0.1, -0.05) is 0 Å². The standard InChI is InChI=1S/C13H19N3O4/c1-9(6-7-15(2)3)14-12-5-4-10(16(19)20)8-11(12)13(17)18/h4-5,8-9,14H,6-7H2,1-3H3,(H,17,18). The fourth-order valence-corrected chi connectivity index (χ4v) is 1.74. The Labute approximate surface area is 117 Å². The molecule has 0 amide bonds. The van der Waals surface area contributed by atoms with Crippen LogP contribution in [0, 0.1) is 10.1 Å². The van der Waals surface area contributed by atoms with E-state index in [1.807, 2.05) is 25.9 Å². The van der Waals surface area contributed by atoms with Crippen LogP contribution >= 0.6 is 0 Å². The molecule has 7 heteroatoms. The summed E-state index contributed by atoms with van der Waals surface area (Å²) in [6.45, 7) is 2.81. The fourth-order valence-electron chi connectivity index (χ4n) is 1.74. The number of benzene rings is 1. The van der Waals surface area contributed by atoms with E-state index in [0.717, 1.165) is 19.0 Å². The molecule has 1 rings (SSSR count). The van der Waals surface area contributed by atoms with E-state index >= 15 is 0 Å². The van der Waals surface area contributed by atoms with Gasteiger partial charge in [-0.3, -0.25) is 10.1 Å². The molecule has 0 saturated carbocycles. The maximum absolute atomic E-state index is 11.2. The molecule has 0 aliphatic carbocycles. The van der Waals surface area contributed by atoms with E-state index in [9.17, 15) is 14.9 Å². The van der Waals surface area contributed by atoms with Gasteiger partial charge in [-0.15, -0.1) is 0 Å². The Kier molecular flexibility index (Phi) is 5.45. The van der Waals surface area contributed by atoms with Gasteiger partial charge in [-0.25, -0.2) is 4.79 Å². The number of carboxylic acid groups (broad SMARTS) is 1. The minimum absolute atomic E-state index is 0.0666. The molecule has 0 heterocycles. The molecule has 0 fully saturated rings. The zero-order valence-corrected chi connectivity index (χ0v) is 11.8. The van der Waals surface area contributed by atoms with Crippen molar-refractivity contribution in [3.8, 4) is 0 Å². The Hall–Kier alpha value is -2.15. The number of hydrogen-bond acceptors (Lipinski definition) is 5. The van der Waals surface area contributed by atoms with Crippen molar-refractivity contribution in [2.75, 3.05) is 26.0 Å². The molecule has 0 radical (unpaired) electrons. The minimum Gasteiger partial charge on any atom is -0.478 e. The number of hydrogen-bond donors (Lipinski definition) is 2. The number of nitrogens with zero attached hydrogens (tertiary/aromatic N) is 2. The second-order valence-corrected chi connectivity index (χ2v) is 4.93. The highest BCUT2D eigenvalue weighted by Crippen LogP contribution is 2.23. The van der Waals surface area contributed by atoms with E-state index in [1.54, 1.807) is 0 Å². The average Bonchev–Trinajstić information content (AvgIpc) is 2.36. The normalized spacial score (nSPS) is 12.2. The number of carbonyl (C=O) groups is 1. The highest BCUT2D eigenvalue weighted by Gasteiger charge is 2.17. The van der Waals surface area contributed by atoms with Crippen LogP contribution in [0.15, 0.2) is 18.2 Å². The molecule has 1 aromatic carbocycles. The zero-order chi connectivity index (χ0) is 15.3. The van der Waals surface area contributed by atoms with Gasteiger partial charge in [-0.05, 0) is 40.1 Å². The van der Waals surface area contributed by atoms with E-state index < -0.39 is 10.9 Å². The number of aromatic carboxylic acids is 1. The monoisotopic (exact) mass is 281 g/mol. The molecule has 7 nitrogen and oxygen atoms in total. The molecule has 1 atom stereocenters. The number of non-ortho nitro benzene ring substituents is 1. The van der Waals surface area contributed by atoms with Gasteiger partial charge in [0.1, 0.15) is 0 Å². The summed E-state index contributed by atoms with van der Waals surface area (Å²) in [6.07, 6.45) is 0.836. The van der Waals surface area contributed by atoms with Crippen LogP contribution in [0.25, 0.3) is 0 Å². The van der Waals surface area contributed by atoms with E-state index in [2.05, 4.69) is 5.32 Å². The summed E-state index contributed by atoms with van der Waals surface area (Å²) in [4.78, 5) is 23.3.